The molecule has 29 heavy (non-hydrogen) atoms. The monoisotopic (exact) mass is 393 g/mol. The maximum atomic E-state index is 14.8. The molecule has 1 saturated carbocycles. The van der Waals surface area contributed by atoms with Gasteiger partial charge in [0.1, 0.15) is 17.1 Å². The second-order valence-corrected chi connectivity index (χ2v) is 7.88. The number of hydrogen-bond donors (Lipinski definition) is 0. The molecule has 4 aromatic heterocycles. The largest absolute Gasteiger partial charge is 0.304 e. The van der Waals surface area contributed by atoms with Crippen LogP contribution in [-0.4, -0.2) is 29.8 Å². The van der Waals surface area contributed by atoms with E-state index in [0.717, 1.165) is 29.7 Å². The predicted molar refractivity (Wildman–Crippen MR) is 107 cm³/mol. The molecular weight excluding hydrogens is 372 g/mol. The van der Waals surface area contributed by atoms with Crippen molar-refractivity contribution in [2.75, 3.05) is 0 Å². The minimum atomic E-state index is -1.20. The summed E-state index contributed by atoms with van der Waals surface area (Å²) >= 11 is 0. The van der Waals surface area contributed by atoms with Gasteiger partial charge in [0.25, 0.3) is 0 Å². The summed E-state index contributed by atoms with van der Waals surface area (Å²) in [6.07, 6.45) is 11.3. The van der Waals surface area contributed by atoms with Gasteiger partial charge >= 0.3 is 0 Å². The van der Waals surface area contributed by atoms with Crippen molar-refractivity contribution in [1.82, 2.24) is 24.1 Å². The maximum absolute atomic E-state index is 14.8. The van der Waals surface area contributed by atoms with Crippen LogP contribution in [0.2, 0.25) is 0 Å². The van der Waals surface area contributed by atoms with Crippen LogP contribution in [0.4, 0.5) is 8.78 Å². The quantitative estimate of drug-likeness (QED) is 0.491. The minimum absolute atomic E-state index is 0.227. The summed E-state index contributed by atoms with van der Waals surface area (Å²) in [4.78, 5) is 8.74. The van der Waals surface area contributed by atoms with Crippen LogP contribution in [0.5, 0.6) is 0 Å². The standard InChI is InChI=1S/C22H21F2N5/c1-15-10-25-20-8-16(4-7-29(15)20)21-19(9-18(23)12-26-21)17-11-27-28(13-17)14-22(24)5-2-3-6-22/h4,7-13H,2-3,5-6,14H2,1H3. The van der Waals surface area contributed by atoms with Gasteiger partial charge in [0, 0.05) is 41.0 Å². The number of aryl methyl sites for hydroxylation is 1. The molecule has 0 saturated heterocycles. The zero-order chi connectivity index (χ0) is 20.0. The maximum Gasteiger partial charge on any atom is 0.142 e. The van der Waals surface area contributed by atoms with Crippen LogP contribution < -0.4 is 0 Å². The Balaban J connectivity index is 1.54. The highest BCUT2D eigenvalue weighted by Gasteiger charge is 2.34. The van der Waals surface area contributed by atoms with Gasteiger partial charge in [-0.3, -0.25) is 9.67 Å². The zero-order valence-electron chi connectivity index (χ0n) is 16.1. The topological polar surface area (TPSA) is 48.0 Å². The number of aromatic nitrogens is 5. The molecule has 4 heterocycles. The summed E-state index contributed by atoms with van der Waals surface area (Å²) in [7, 11) is 0. The smallest absolute Gasteiger partial charge is 0.142 e. The molecule has 0 unspecified atom stereocenters. The third-order valence-corrected chi connectivity index (χ3v) is 5.72. The molecule has 5 rings (SSSR count). The van der Waals surface area contributed by atoms with Crippen LogP contribution in [0.1, 0.15) is 31.4 Å². The minimum Gasteiger partial charge on any atom is -0.304 e. The summed E-state index contributed by atoms with van der Waals surface area (Å²) in [5.74, 6) is -0.424. The molecular formula is C22H21F2N5. The van der Waals surface area contributed by atoms with E-state index in [2.05, 4.69) is 15.1 Å². The molecule has 0 spiro atoms. The van der Waals surface area contributed by atoms with Gasteiger partial charge in [0.05, 0.1) is 24.6 Å². The number of hydrogen-bond acceptors (Lipinski definition) is 3. The van der Waals surface area contributed by atoms with Crippen molar-refractivity contribution >= 4 is 5.65 Å². The molecule has 148 valence electrons. The van der Waals surface area contributed by atoms with E-state index in [1.807, 2.05) is 29.7 Å². The average molecular weight is 393 g/mol. The lowest BCUT2D eigenvalue weighted by Gasteiger charge is -2.18. The summed E-state index contributed by atoms with van der Waals surface area (Å²) < 4.78 is 32.5. The van der Waals surface area contributed by atoms with E-state index in [0.29, 0.717) is 29.7 Å². The number of imidazole rings is 1. The van der Waals surface area contributed by atoms with E-state index < -0.39 is 11.5 Å². The van der Waals surface area contributed by atoms with Crippen LogP contribution in [0, 0.1) is 12.7 Å². The SMILES string of the molecule is Cc1cnc2cc(-c3ncc(F)cc3-c3cnn(CC4(F)CCCC4)c3)ccn12. The summed E-state index contributed by atoms with van der Waals surface area (Å²) in [6, 6.07) is 5.31. The van der Waals surface area contributed by atoms with Crippen LogP contribution in [0.3, 0.4) is 0 Å². The molecule has 7 heteroatoms. The number of nitrogens with zero attached hydrogens (tertiary/aromatic N) is 5. The number of halogens is 2. The fourth-order valence-electron chi connectivity index (χ4n) is 4.19. The Morgan fingerprint density at radius 2 is 1.90 bits per heavy atom. The molecule has 0 radical (unpaired) electrons. The van der Waals surface area contributed by atoms with Crippen LogP contribution in [0.25, 0.3) is 28.0 Å². The van der Waals surface area contributed by atoms with Gasteiger partial charge in [0.15, 0.2) is 0 Å². The van der Waals surface area contributed by atoms with Gasteiger partial charge in [-0.25, -0.2) is 13.8 Å². The molecule has 5 nitrogen and oxygen atoms in total. The van der Waals surface area contributed by atoms with Crippen molar-refractivity contribution in [2.45, 2.75) is 44.8 Å². The van der Waals surface area contributed by atoms with Crippen LogP contribution >= 0.6 is 0 Å². The van der Waals surface area contributed by atoms with Crippen molar-refractivity contribution in [2.24, 2.45) is 0 Å². The van der Waals surface area contributed by atoms with Crippen molar-refractivity contribution in [3.05, 3.63) is 60.7 Å². The van der Waals surface area contributed by atoms with E-state index in [-0.39, 0.29) is 6.54 Å². The fourth-order valence-corrected chi connectivity index (χ4v) is 4.19. The lowest BCUT2D eigenvalue weighted by molar-refractivity contribution is 0.139. The first-order valence-electron chi connectivity index (χ1n) is 9.82. The Kier molecular flexibility index (Phi) is 4.19. The second-order valence-electron chi connectivity index (χ2n) is 7.88. The molecule has 4 aromatic rings. The summed E-state index contributed by atoms with van der Waals surface area (Å²) in [5.41, 5.74) is 3.46. The zero-order valence-corrected chi connectivity index (χ0v) is 16.1. The van der Waals surface area contributed by atoms with E-state index in [1.54, 1.807) is 23.3 Å². The van der Waals surface area contributed by atoms with Gasteiger partial charge in [-0.2, -0.15) is 5.10 Å². The molecule has 0 aromatic carbocycles. The Morgan fingerprint density at radius 3 is 2.72 bits per heavy atom. The predicted octanol–water partition coefficient (Wildman–Crippen LogP) is 4.99. The second kappa shape index (κ2) is 6.76. The van der Waals surface area contributed by atoms with Gasteiger partial charge in [-0.15, -0.1) is 0 Å². The molecule has 1 fully saturated rings. The van der Waals surface area contributed by atoms with E-state index in [1.165, 1.54) is 12.3 Å². The van der Waals surface area contributed by atoms with Crippen molar-refractivity contribution in [1.29, 1.82) is 0 Å². The van der Waals surface area contributed by atoms with Crippen LogP contribution in [0.15, 0.2) is 49.2 Å². The average Bonchev–Trinajstić information content (AvgIpc) is 3.43. The normalized spacial score (nSPS) is 16.0. The summed E-state index contributed by atoms with van der Waals surface area (Å²) in [5, 5.41) is 4.33. The number of fused-ring (bicyclic) bond motifs is 1. The van der Waals surface area contributed by atoms with Crippen molar-refractivity contribution < 1.29 is 8.78 Å². The van der Waals surface area contributed by atoms with Gasteiger partial charge in [-0.1, -0.05) is 12.8 Å². The fraction of sp³-hybridized carbons (Fsp3) is 0.318. The molecule has 0 bridgehead atoms. The number of alkyl halides is 1. The van der Waals surface area contributed by atoms with Crippen molar-refractivity contribution in [3.8, 4) is 22.4 Å². The number of rotatable bonds is 4. The van der Waals surface area contributed by atoms with E-state index in [4.69, 9.17) is 0 Å². The Labute approximate surface area is 167 Å². The lowest BCUT2D eigenvalue weighted by atomic mass is 10.0. The van der Waals surface area contributed by atoms with E-state index in [9.17, 15) is 8.78 Å². The Morgan fingerprint density at radius 1 is 1.07 bits per heavy atom. The van der Waals surface area contributed by atoms with Crippen LogP contribution in [-0.2, 0) is 6.54 Å². The summed E-state index contributed by atoms with van der Waals surface area (Å²) in [6.45, 7) is 2.21. The highest BCUT2D eigenvalue weighted by Crippen LogP contribution is 2.36. The number of pyridine rings is 2. The van der Waals surface area contributed by atoms with Gasteiger partial charge < -0.3 is 4.40 Å². The van der Waals surface area contributed by atoms with Crippen molar-refractivity contribution in [3.63, 3.8) is 0 Å². The molecule has 0 atom stereocenters. The first-order valence-corrected chi connectivity index (χ1v) is 9.82. The van der Waals surface area contributed by atoms with E-state index >= 15 is 0 Å². The molecule has 1 aliphatic carbocycles. The van der Waals surface area contributed by atoms with Gasteiger partial charge in [0.2, 0.25) is 0 Å². The molecule has 1 aliphatic rings. The molecule has 0 N–H and O–H groups in total. The lowest BCUT2D eigenvalue weighted by Crippen LogP contribution is -2.25. The third-order valence-electron chi connectivity index (χ3n) is 5.72. The first kappa shape index (κ1) is 18.0. The third kappa shape index (κ3) is 3.30. The molecule has 0 aliphatic heterocycles. The highest BCUT2D eigenvalue weighted by atomic mass is 19.1. The van der Waals surface area contributed by atoms with Gasteiger partial charge in [-0.05, 0) is 38.0 Å². The first-order chi connectivity index (χ1) is 14.0. The highest BCUT2D eigenvalue weighted by molar-refractivity contribution is 5.81. The molecule has 0 amide bonds. The Hall–Kier alpha value is -3.09. The Bertz CT molecular complexity index is 1190.